The van der Waals surface area contributed by atoms with E-state index in [-0.39, 0.29) is 17.6 Å². The third kappa shape index (κ3) is 5.56. The number of hydrogen-bond acceptors (Lipinski definition) is 4. The molecule has 1 amide bonds. The first-order chi connectivity index (χ1) is 9.72. The fraction of sp³-hybridized carbons (Fsp3) is 0.929. The van der Waals surface area contributed by atoms with Crippen LogP contribution in [0.4, 0.5) is 0 Å². The minimum Gasteiger partial charge on any atom is -0.350 e. The lowest BCUT2D eigenvalue weighted by Crippen LogP contribution is -2.52. The minimum absolute atomic E-state index is 0.0175. The van der Waals surface area contributed by atoms with Gasteiger partial charge in [0.05, 0.1) is 5.75 Å². The number of nitrogens with one attached hydrogen (secondary N) is 1. The van der Waals surface area contributed by atoms with E-state index in [0.29, 0.717) is 38.9 Å². The van der Waals surface area contributed by atoms with Gasteiger partial charge in [-0.05, 0) is 33.1 Å². The van der Waals surface area contributed by atoms with Crippen molar-refractivity contribution in [3.8, 4) is 0 Å². The zero-order chi connectivity index (χ0) is 16.1. The van der Waals surface area contributed by atoms with Gasteiger partial charge in [-0.3, -0.25) is 4.79 Å². The topological polar surface area (TPSA) is 92.5 Å². The molecule has 6 nitrogen and oxygen atoms in total. The van der Waals surface area contributed by atoms with E-state index in [0.717, 1.165) is 6.42 Å². The molecule has 1 rings (SSSR count). The summed E-state index contributed by atoms with van der Waals surface area (Å²) >= 11 is 0. The smallest absolute Gasteiger partial charge is 0.223 e. The van der Waals surface area contributed by atoms with Gasteiger partial charge in [0.2, 0.25) is 15.9 Å². The van der Waals surface area contributed by atoms with Gasteiger partial charge in [0.15, 0.2) is 0 Å². The Morgan fingerprint density at radius 1 is 1.33 bits per heavy atom. The van der Waals surface area contributed by atoms with Crippen LogP contribution in [0.2, 0.25) is 0 Å². The van der Waals surface area contributed by atoms with Crippen LogP contribution in [0.1, 0.15) is 46.5 Å². The number of carbonyl (C=O) groups is 1. The number of unbranched alkanes of at least 4 members (excludes halogenated alkanes) is 1. The maximum atomic E-state index is 12.2. The highest BCUT2D eigenvalue weighted by Crippen LogP contribution is 2.21. The maximum Gasteiger partial charge on any atom is 0.223 e. The normalized spacial score (nSPS) is 18.7. The van der Waals surface area contributed by atoms with Gasteiger partial charge in [0.1, 0.15) is 0 Å². The fourth-order valence-corrected chi connectivity index (χ4v) is 4.02. The average molecular weight is 319 g/mol. The van der Waals surface area contributed by atoms with Crippen molar-refractivity contribution in [2.75, 3.05) is 25.4 Å². The molecule has 7 heteroatoms. The average Bonchev–Trinajstić information content (AvgIpc) is 2.45. The zero-order valence-electron chi connectivity index (χ0n) is 13.4. The summed E-state index contributed by atoms with van der Waals surface area (Å²) in [6.45, 7) is 7.00. The van der Waals surface area contributed by atoms with Crippen LogP contribution in [0.5, 0.6) is 0 Å². The van der Waals surface area contributed by atoms with E-state index in [2.05, 4.69) is 5.32 Å². The summed E-state index contributed by atoms with van der Waals surface area (Å²) in [5.41, 5.74) is 5.19. The number of sulfonamides is 1. The molecule has 0 bridgehead atoms. The molecule has 1 saturated heterocycles. The van der Waals surface area contributed by atoms with Crippen LogP contribution in [-0.4, -0.2) is 49.6 Å². The Bertz CT molecular complexity index is 440. The Morgan fingerprint density at radius 3 is 2.38 bits per heavy atom. The summed E-state index contributed by atoms with van der Waals surface area (Å²) in [5, 5.41) is 2.93. The van der Waals surface area contributed by atoms with E-state index >= 15 is 0 Å². The van der Waals surface area contributed by atoms with Crippen LogP contribution in [0.25, 0.3) is 0 Å². The number of nitrogens with two attached hydrogens (primary N) is 1. The molecule has 0 saturated carbocycles. The van der Waals surface area contributed by atoms with Crippen LogP contribution in [0.15, 0.2) is 0 Å². The lowest BCUT2D eigenvalue weighted by atomic mass is 9.95. The first kappa shape index (κ1) is 18.4. The molecule has 0 aromatic rings. The summed E-state index contributed by atoms with van der Waals surface area (Å²) in [6.07, 6.45) is 2.72. The van der Waals surface area contributed by atoms with E-state index in [1.165, 1.54) is 4.31 Å². The second kappa shape index (κ2) is 7.56. The number of amides is 1. The number of piperidine rings is 1. The van der Waals surface area contributed by atoms with Crippen LogP contribution in [-0.2, 0) is 14.8 Å². The maximum absolute atomic E-state index is 12.2. The Balaban J connectivity index is 2.50. The van der Waals surface area contributed by atoms with E-state index in [1.54, 1.807) is 0 Å². The molecule has 1 aliphatic rings. The highest BCUT2D eigenvalue weighted by molar-refractivity contribution is 7.89. The third-order valence-electron chi connectivity index (χ3n) is 3.95. The van der Waals surface area contributed by atoms with Crippen molar-refractivity contribution >= 4 is 15.9 Å². The molecule has 0 spiro atoms. The standard InChI is InChI=1S/C14H29N3O3S/c1-4-5-10-21(19,20)17-8-6-12(7-9-17)13(18)16-14(2,3)11-15/h12H,4-11,15H2,1-3H3,(H,16,18). The van der Waals surface area contributed by atoms with Gasteiger partial charge in [0, 0.05) is 31.1 Å². The van der Waals surface area contributed by atoms with Crippen molar-refractivity contribution in [1.29, 1.82) is 0 Å². The Labute approximate surface area is 128 Å². The summed E-state index contributed by atoms with van der Waals surface area (Å²) in [7, 11) is -3.15. The monoisotopic (exact) mass is 319 g/mol. The molecule has 21 heavy (non-hydrogen) atoms. The van der Waals surface area contributed by atoms with Gasteiger partial charge in [-0.1, -0.05) is 13.3 Å². The number of rotatable bonds is 7. The molecular formula is C14H29N3O3S. The minimum atomic E-state index is -3.15. The van der Waals surface area contributed by atoms with Gasteiger partial charge < -0.3 is 11.1 Å². The number of nitrogens with zero attached hydrogens (tertiary/aromatic N) is 1. The zero-order valence-corrected chi connectivity index (χ0v) is 14.2. The highest BCUT2D eigenvalue weighted by atomic mass is 32.2. The van der Waals surface area contributed by atoms with Crippen LogP contribution in [0, 0.1) is 5.92 Å². The Morgan fingerprint density at radius 2 is 1.90 bits per heavy atom. The number of hydrogen-bond donors (Lipinski definition) is 2. The largest absolute Gasteiger partial charge is 0.350 e. The van der Waals surface area contributed by atoms with E-state index in [4.69, 9.17) is 5.73 Å². The van der Waals surface area contributed by atoms with Gasteiger partial charge in [-0.2, -0.15) is 0 Å². The predicted octanol–water partition coefficient (Wildman–Crippen LogP) is 0.682. The first-order valence-corrected chi connectivity index (χ1v) is 9.32. The predicted molar refractivity (Wildman–Crippen MR) is 84.3 cm³/mol. The molecule has 1 heterocycles. The van der Waals surface area contributed by atoms with Crippen LogP contribution >= 0.6 is 0 Å². The quantitative estimate of drug-likeness (QED) is 0.722. The molecule has 0 aliphatic carbocycles. The fourth-order valence-electron chi connectivity index (χ4n) is 2.34. The molecule has 3 N–H and O–H groups in total. The van der Waals surface area contributed by atoms with E-state index in [1.807, 2.05) is 20.8 Å². The molecular weight excluding hydrogens is 290 g/mol. The third-order valence-corrected chi connectivity index (χ3v) is 5.90. The summed E-state index contributed by atoms with van der Waals surface area (Å²) in [6, 6.07) is 0. The van der Waals surface area contributed by atoms with E-state index < -0.39 is 15.6 Å². The molecule has 0 aromatic heterocycles. The van der Waals surface area contributed by atoms with Gasteiger partial charge in [0.25, 0.3) is 0 Å². The second-order valence-electron chi connectivity index (χ2n) is 6.42. The van der Waals surface area contributed by atoms with Crippen molar-refractivity contribution in [3.63, 3.8) is 0 Å². The molecule has 1 aliphatic heterocycles. The molecule has 0 radical (unpaired) electrons. The Hall–Kier alpha value is -0.660. The Kier molecular flexibility index (Phi) is 6.62. The SMILES string of the molecule is CCCCS(=O)(=O)N1CCC(C(=O)NC(C)(C)CN)CC1. The summed E-state index contributed by atoms with van der Waals surface area (Å²) in [4.78, 5) is 12.2. The molecule has 0 unspecified atom stereocenters. The summed E-state index contributed by atoms with van der Waals surface area (Å²) < 4.78 is 25.7. The van der Waals surface area contributed by atoms with Crippen LogP contribution < -0.4 is 11.1 Å². The summed E-state index contributed by atoms with van der Waals surface area (Å²) in [5.74, 6) is 0.0742. The molecule has 0 aromatic carbocycles. The molecule has 0 atom stereocenters. The lowest BCUT2D eigenvalue weighted by molar-refractivity contribution is -0.127. The van der Waals surface area contributed by atoms with Crippen molar-refractivity contribution in [2.45, 2.75) is 52.0 Å². The van der Waals surface area contributed by atoms with Gasteiger partial charge >= 0.3 is 0 Å². The van der Waals surface area contributed by atoms with Crippen molar-refractivity contribution in [3.05, 3.63) is 0 Å². The highest BCUT2D eigenvalue weighted by Gasteiger charge is 2.32. The second-order valence-corrected chi connectivity index (χ2v) is 8.51. The van der Waals surface area contributed by atoms with Crippen molar-refractivity contribution in [2.24, 2.45) is 11.7 Å². The number of carbonyl (C=O) groups excluding carboxylic acids is 1. The molecule has 124 valence electrons. The lowest BCUT2D eigenvalue weighted by Gasteiger charge is -2.33. The van der Waals surface area contributed by atoms with Crippen molar-refractivity contribution in [1.82, 2.24) is 9.62 Å². The van der Waals surface area contributed by atoms with Gasteiger partial charge in [-0.15, -0.1) is 0 Å². The first-order valence-electron chi connectivity index (χ1n) is 7.72. The van der Waals surface area contributed by atoms with Crippen LogP contribution in [0.3, 0.4) is 0 Å². The van der Waals surface area contributed by atoms with E-state index in [9.17, 15) is 13.2 Å². The van der Waals surface area contributed by atoms with Crippen molar-refractivity contribution < 1.29 is 13.2 Å². The van der Waals surface area contributed by atoms with Gasteiger partial charge in [-0.25, -0.2) is 12.7 Å². The molecule has 1 fully saturated rings.